The third kappa shape index (κ3) is 16.4. The monoisotopic (exact) mass is 627 g/mol. The maximum absolute atomic E-state index is 13.3. The van der Waals surface area contributed by atoms with Gasteiger partial charge in [0.1, 0.15) is 0 Å². The molecule has 2 atom stereocenters. The average molecular weight is 628 g/mol. The Morgan fingerprint density at radius 1 is 1.02 bits per heavy atom. The number of hydrazine groups is 1. The van der Waals surface area contributed by atoms with E-state index in [0.29, 0.717) is 24.9 Å². The van der Waals surface area contributed by atoms with Gasteiger partial charge < -0.3 is 10.6 Å². The Morgan fingerprint density at radius 3 is 2.04 bits per heavy atom. The highest BCUT2D eigenvalue weighted by molar-refractivity contribution is 5.93. The van der Waals surface area contributed by atoms with Crippen LogP contribution in [0.15, 0.2) is 104 Å². The molecule has 0 bridgehead atoms. The molecule has 1 aliphatic rings. The highest BCUT2D eigenvalue weighted by Crippen LogP contribution is 2.30. The van der Waals surface area contributed by atoms with E-state index >= 15 is 0 Å². The molecule has 46 heavy (non-hydrogen) atoms. The van der Waals surface area contributed by atoms with Gasteiger partial charge >= 0.3 is 0 Å². The number of carbonyl (C=O) groups excluding carboxylic acids is 3. The number of rotatable bonds is 15. The summed E-state index contributed by atoms with van der Waals surface area (Å²) in [5, 5.41) is 16.3. The van der Waals surface area contributed by atoms with E-state index in [2.05, 4.69) is 48.4 Å². The van der Waals surface area contributed by atoms with Crippen LogP contribution in [0, 0.1) is 23.2 Å². The van der Waals surface area contributed by atoms with Gasteiger partial charge in [-0.15, -0.1) is 13.2 Å². The average Bonchev–Trinajstić information content (AvgIpc) is 3.64. The Labute approximate surface area is 276 Å². The Hall–Kier alpha value is -4.74. The van der Waals surface area contributed by atoms with E-state index in [1.807, 2.05) is 74.5 Å². The molecular weight excluding hydrogens is 574 g/mol. The highest BCUT2D eigenvalue weighted by atomic mass is 16.2. The van der Waals surface area contributed by atoms with E-state index in [1.165, 1.54) is 7.05 Å². The number of nitriles is 1. The summed E-state index contributed by atoms with van der Waals surface area (Å²) >= 11 is 0. The Bertz CT molecular complexity index is 1220. The first-order valence-corrected chi connectivity index (χ1v) is 15.8. The van der Waals surface area contributed by atoms with E-state index in [9.17, 15) is 14.4 Å². The lowest BCUT2D eigenvalue weighted by atomic mass is 9.87. The van der Waals surface area contributed by atoms with Crippen molar-refractivity contribution in [2.24, 2.45) is 11.8 Å². The number of nitrogens with one attached hydrogen (secondary N) is 3. The van der Waals surface area contributed by atoms with Gasteiger partial charge in [-0.2, -0.15) is 5.26 Å². The molecule has 0 aromatic heterocycles. The van der Waals surface area contributed by atoms with Crippen LogP contribution in [0.25, 0.3) is 6.08 Å². The fraction of sp³-hybridized carbons (Fsp3) is 0.368. The minimum absolute atomic E-state index is 0.0268. The summed E-state index contributed by atoms with van der Waals surface area (Å²) in [6, 6.07) is 21.0. The first-order valence-electron chi connectivity index (χ1n) is 15.8. The van der Waals surface area contributed by atoms with E-state index in [1.54, 1.807) is 19.1 Å². The van der Waals surface area contributed by atoms with Gasteiger partial charge in [0, 0.05) is 43.7 Å². The number of carbonyl (C=O) groups is 3. The molecule has 0 aliphatic heterocycles. The van der Waals surface area contributed by atoms with E-state index in [4.69, 9.17) is 5.26 Å². The maximum atomic E-state index is 13.3. The van der Waals surface area contributed by atoms with Crippen molar-refractivity contribution in [3.63, 3.8) is 0 Å². The van der Waals surface area contributed by atoms with E-state index in [0.717, 1.165) is 47.6 Å². The van der Waals surface area contributed by atoms with Crippen molar-refractivity contribution in [3.05, 3.63) is 116 Å². The van der Waals surface area contributed by atoms with Crippen molar-refractivity contribution in [2.75, 3.05) is 13.6 Å². The predicted octanol–water partition coefficient (Wildman–Crippen LogP) is 6.96. The zero-order chi connectivity index (χ0) is 34.7. The van der Waals surface area contributed by atoms with Gasteiger partial charge in [-0.3, -0.25) is 14.4 Å². The number of hydrogen-bond acceptors (Lipinski definition) is 7. The summed E-state index contributed by atoms with van der Waals surface area (Å²) in [4.78, 5) is 36.6. The molecule has 248 valence electrons. The molecule has 1 fully saturated rings. The molecule has 0 saturated heterocycles. The van der Waals surface area contributed by atoms with Crippen LogP contribution in [0.3, 0.4) is 0 Å². The van der Waals surface area contributed by atoms with Gasteiger partial charge in [-0.25, -0.2) is 10.4 Å². The highest BCUT2D eigenvalue weighted by Gasteiger charge is 2.34. The van der Waals surface area contributed by atoms with Crippen LogP contribution < -0.4 is 16.1 Å². The second-order valence-corrected chi connectivity index (χ2v) is 10.3. The van der Waals surface area contributed by atoms with Gasteiger partial charge in [0.15, 0.2) is 5.78 Å². The minimum atomic E-state index is -0.524. The van der Waals surface area contributed by atoms with Crippen LogP contribution in [-0.4, -0.2) is 42.7 Å². The van der Waals surface area contributed by atoms with Crippen molar-refractivity contribution in [1.82, 2.24) is 21.1 Å². The number of nitrogens with zero attached hydrogens (tertiary/aromatic N) is 2. The fourth-order valence-electron chi connectivity index (χ4n) is 4.69. The van der Waals surface area contributed by atoms with Crippen molar-refractivity contribution in [1.29, 1.82) is 5.26 Å². The lowest BCUT2D eigenvalue weighted by Crippen LogP contribution is -2.46. The predicted molar refractivity (Wildman–Crippen MR) is 190 cm³/mol. The van der Waals surface area contributed by atoms with Gasteiger partial charge in [0.2, 0.25) is 12.3 Å². The number of ketones is 1. The zero-order valence-electron chi connectivity index (χ0n) is 28.1. The topological polar surface area (TPSA) is 114 Å². The molecule has 0 heterocycles. The van der Waals surface area contributed by atoms with Crippen molar-refractivity contribution < 1.29 is 14.4 Å². The second kappa shape index (κ2) is 25.6. The molecular formula is C38H53N5O3. The molecule has 0 radical (unpaired) electrons. The summed E-state index contributed by atoms with van der Waals surface area (Å²) in [5.74, 6) is -0.781. The number of hydrogen-bond donors (Lipinski definition) is 3. The fourth-order valence-corrected chi connectivity index (χ4v) is 4.69. The number of Topliss-reactive ketones (excluding diaryl/α,β-unsaturated/α-hetero) is 1. The molecule has 3 N–H and O–H groups in total. The van der Waals surface area contributed by atoms with Gasteiger partial charge in [0.05, 0.1) is 17.7 Å². The Kier molecular flexibility index (Phi) is 22.9. The zero-order valence-corrected chi connectivity index (χ0v) is 28.1. The first-order chi connectivity index (χ1) is 22.3. The molecule has 2 unspecified atom stereocenters. The smallest absolute Gasteiger partial charge is 0.244 e. The normalized spacial score (nSPS) is 13.0. The van der Waals surface area contributed by atoms with E-state index in [-0.39, 0.29) is 18.1 Å². The Balaban J connectivity index is 0.00000175. The Morgan fingerprint density at radius 2 is 1.57 bits per heavy atom. The number of imide groups is 1. The quantitative estimate of drug-likeness (QED) is 0.0847. The molecule has 2 aromatic carbocycles. The number of amides is 2. The molecule has 1 aliphatic carbocycles. The van der Waals surface area contributed by atoms with Crippen LogP contribution in [0.5, 0.6) is 0 Å². The molecule has 8 nitrogen and oxygen atoms in total. The van der Waals surface area contributed by atoms with Crippen LogP contribution in [-0.2, 0) is 14.4 Å². The van der Waals surface area contributed by atoms with Gasteiger partial charge in [-0.1, -0.05) is 101 Å². The van der Waals surface area contributed by atoms with Gasteiger partial charge in [-0.05, 0) is 42.5 Å². The second-order valence-electron chi connectivity index (χ2n) is 10.3. The molecule has 3 rings (SSSR count). The minimum Gasteiger partial charge on any atom is -0.385 e. The summed E-state index contributed by atoms with van der Waals surface area (Å²) < 4.78 is 0. The third-order valence-electron chi connectivity index (χ3n) is 7.08. The summed E-state index contributed by atoms with van der Waals surface area (Å²) in [6.07, 6.45) is 8.86. The van der Waals surface area contributed by atoms with Crippen LogP contribution in [0.1, 0.15) is 70.4 Å². The standard InChI is InChI=1S/C28H37N5O3.C6H6.C2H6.C2H4/c1-20(17-26(35)33(19-34)30-4)28(36)27(25-7-5-6-8-25)32-22(3)15-16-31-21(2)9-10-23-11-13-24(18-29)14-12-23;1-2-4-6-5-3-1;2*1-2/h9-14,19-20,25,27,30-32H,2-3,5-8,15-17H2,1,4H3;1-6H;1-2H3;1-2H2/b10-9+;;;. The van der Waals surface area contributed by atoms with Crippen molar-refractivity contribution >= 4 is 24.2 Å². The van der Waals surface area contributed by atoms with Crippen molar-refractivity contribution in [2.45, 2.75) is 65.3 Å². The molecule has 2 aromatic rings. The van der Waals surface area contributed by atoms with Gasteiger partial charge in [0.25, 0.3) is 0 Å². The van der Waals surface area contributed by atoms with Crippen LogP contribution >= 0.6 is 0 Å². The number of benzene rings is 2. The van der Waals surface area contributed by atoms with Crippen LogP contribution in [0.4, 0.5) is 0 Å². The third-order valence-corrected chi connectivity index (χ3v) is 7.08. The molecule has 2 amide bonds. The van der Waals surface area contributed by atoms with E-state index < -0.39 is 17.9 Å². The summed E-state index contributed by atoms with van der Waals surface area (Å²) in [7, 11) is 1.48. The summed E-state index contributed by atoms with van der Waals surface area (Å²) in [5.41, 5.74) is 5.59. The maximum Gasteiger partial charge on any atom is 0.244 e. The molecule has 8 heteroatoms. The lowest BCUT2D eigenvalue weighted by Gasteiger charge is -2.28. The molecule has 1 saturated carbocycles. The summed E-state index contributed by atoms with van der Waals surface area (Å²) in [6.45, 7) is 20.5. The van der Waals surface area contributed by atoms with Crippen molar-refractivity contribution in [3.8, 4) is 6.07 Å². The first kappa shape index (κ1) is 41.3. The molecule has 0 spiro atoms. The SMILES string of the molecule is C=C.C=C(/C=C/c1ccc(C#N)cc1)NCCC(=C)NC(C(=O)C(C)CC(=O)N(C=O)NC)C1CCCC1.CC.c1ccccc1. The number of allylic oxidation sites excluding steroid dienone is 1. The lowest BCUT2D eigenvalue weighted by molar-refractivity contribution is -0.143. The van der Waals surface area contributed by atoms with Crippen LogP contribution in [0.2, 0.25) is 0 Å². The largest absolute Gasteiger partial charge is 0.385 e.